The minimum atomic E-state index is -1.62. The van der Waals surface area contributed by atoms with E-state index in [-0.39, 0.29) is 32.2 Å². The molecule has 0 aliphatic heterocycles. The molecule has 0 radical (unpaired) electrons. The van der Waals surface area contributed by atoms with E-state index in [9.17, 15) is 19.5 Å². The number of unbranched alkanes of at least 4 members (excludes halogenated alkanes) is 40. The molecule has 2 atom stereocenters. The molecule has 0 heterocycles. The van der Waals surface area contributed by atoms with Gasteiger partial charge in [-0.2, -0.15) is 0 Å². The zero-order valence-corrected chi connectivity index (χ0v) is 49.0. The van der Waals surface area contributed by atoms with Crippen molar-refractivity contribution in [3.8, 4) is 0 Å². The van der Waals surface area contributed by atoms with E-state index < -0.39 is 24.3 Å². The molecule has 0 aliphatic rings. The number of quaternary nitrogens is 1. The van der Waals surface area contributed by atoms with Crippen molar-refractivity contribution in [1.29, 1.82) is 0 Å². The number of hydrogen-bond donors (Lipinski definition) is 0. The molecule has 0 saturated carbocycles. The van der Waals surface area contributed by atoms with Crippen molar-refractivity contribution in [2.24, 2.45) is 0 Å². The van der Waals surface area contributed by atoms with E-state index in [1.54, 1.807) is 0 Å². The van der Waals surface area contributed by atoms with Crippen molar-refractivity contribution in [2.75, 3.05) is 47.5 Å². The average molecular weight is 1030 g/mol. The zero-order chi connectivity index (χ0) is 53.4. The SMILES string of the molecule is CCCCCCCCCC/C=C\CCCCCCCCCCCCCCCCCC(=O)OC(COC(=O)CCCCCCCCCCC/C=C\CCCCCCCCCC)COC(OCC[N+](C)(C)C)C(=O)[O-]. The normalized spacial score (nSPS) is 12.8. The summed E-state index contributed by atoms with van der Waals surface area (Å²) in [7, 11) is 5.93. The largest absolute Gasteiger partial charge is 0.545 e. The Kier molecular flexibility index (Phi) is 54.3. The zero-order valence-electron chi connectivity index (χ0n) is 49.0. The lowest BCUT2D eigenvalue weighted by atomic mass is 10.0. The smallest absolute Gasteiger partial charge is 0.306 e. The predicted octanol–water partition coefficient (Wildman–Crippen LogP) is 17.4. The average Bonchev–Trinajstić information content (AvgIpc) is 3.36. The fourth-order valence-electron chi connectivity index (χ4n) is 9.29. The lowest BCUT2D eigenvalue weighted by Gasteiger charge is -2.26. The lowest BCUT2D eigenvalue weighted by molar-refractivity contribution is -0.870. The number of rotatable bonds is 59. The van der Waals surface area contributed by atoms with Crippen LogP contribution in [0.2, 0.25) is 0 Å². The van der Waals surface area contributed by atoms with Crippen LogP contribution < -0.4 is 5.11 Å². The van der Waals surface area contributed by atoms with Crippen LogP contribution in [0, 0.1) is 0 Å². The predicted molar refractivity (Wildman–Crippen MR) is 306 cm³/mol. The van der Waals surface area contributed by atoms with Gasteiger partial charge in [0.2, 0.25) is 0 Å². The van der Waals surface area contributed by atoms with Gasteiger partial charge in [-0.15, -0.1) is 0 Å². The van der Waals surface area contributed by atoms with Crippen molar-refractivity contribution in [3.05, 3.63) is 24.3 Å². The first-order valence-corrected chi connectivity index (χ1v) is 31.5. The maximum atomic E-state index is 12.9. The van der Waals surface area contributed by atoms with Gasteiger partial charge >= 0.3 is 11.9 Å². The van der Waals surface area contributed by atoms with Gasteiger partial charge in [0.1, 0.15) is 13.2 Å². The summed E-state index contributed by atoms with van der Waals surface area (Å²) >= 11 is 0. The lowest BCUT2D eigenvalue weighted by Crippen LogP contribution is -2.44. The first-order valence-electron chi connectivity index (χ1n) is 31.5. The molecular formula is C64H121NO8. The third kappa shape index (κ3) is 57.3. The van der Waals surface area contributed by atoms with Gasteiger partial charge in [0, 0.05) is 12.8 Å². The second kappa shape index (κ2) is 56.0. The maximum absolute atomic E-state index is 12.9. The molecule has 0 fully saturated rings. The summed E-state index contributed by atoms with van der Waals surface area (Å²) in [5.41, 5.74) is 0. The fourth-order valence-corrected chi connectivity index (χ4v) is 9.29. The molecule has 0 rings (SSSR count). The Morgan fingerprint density at radius 3 is 1.01 bits per heavy atom. The number of carbonyl (C=O) groups excluding carboxylic acids is 3. The van der Waals surface area contributed by atoms with Crippen molar-refractivity contribution < 1.29 is 42.9 Å². The number of esters is 2. The second-order valence-electron chi connectivity index (χ2n) is 22.7. The van der Waals surface area contributed by atoms with Gasteiger partial charge < -0.3 is 33.3 Å². The quantitative estimate of drug-likeness (QED) is 0.0195. The van der Waals surface area contributed by atoms with E-state index in [0.717, 1.165) is 38.5 Å². The number of likely N-dealkylation sites (N-methyl/N-ethyl adjacent to an activating group) is 1. The van der Waals surface area contributed by atoms with Gasteiger partial charge in [-0.3, -0.25) is 9.59 Å². The van der Waals surface area contributed by atoms with Gasteiger partial charge in [-0.05, 0) is 64.2 Å². The Hall–Kier alpha value is -2.23. The molecule has 9 nitrogen and oxygen atoms in total. The number of allylic oxidation sites excluding steroid dienone is 4. The van der Waals surface area contributed by atoms with Gasteiger partial charge in [-0.25, -0.2) is 0 Å². The first-order chi connectivity index (χ1) is 35.6. The van der Waals surface area contributed by atoms with Gasteiger partial charge in [0.05, 0.1) is 40.3 Å². The summed E-state index contributed by atoms with van der Waals surface area (Å²) in [5.74, 6) is -2.26. The molecule has 0 aromatic carbocycles. The molecule has 0 saturated heterocycles. The van der Waals surface area contributed by atoms with Crippen LogP contribution in [0.1, 0.15) is 309 Å². The van der Waals surface area contributed by atoms with Gasteiger partial charge in [0.25, 0.3) is 0 Å². The number of ether oxygens (including phenoxy) is 4. The highest BCUT2D eigenvalue weighted by Crippen LogP contribution is 2.17. The highest BCUT2D eigenvalue weighted by atomic mass is 16.7. The number of nitrogens with zero attached hydrogens (tertiary/aromatic N) is 1. The Labute approximate surface area is 452 Å². The first kappa shape index (κ1) is 70.8. The minimum Gasteiger partial charge on any atom is -0.545 e. The summed E-state index contributed by atoms with van der Waals surface area (Å²) < 4.78 is 22.8. The standard InChI is InChI=1S/C64H121NO8/c1-6-8-10-12-14-16-18-20-22-24-26-28-29-30-31-32-33-35-37-39-41-43-45-47-49-51-53-55-62(67)73-60(59-72-64(63(68)69)70-57-56-65(3,4)5)58-71-61(66)54-52-50-48-46-44-42-40-38-36-34-27-25-23-21-19-17-15-13-11-9-7-2/h24-27,60,64H,6-23,28-59H2,1-5H3/b26-24-,27-25-. The molecule has 0 aromatic rings. The summed E-state index contributed by atoms with van der Waals surface area (Å²) in [6.07, 6.45) is 63.8. The molecule has 0 aliphatic carbocycles. The molecule has 0 amide bonds. The number of hydrogen-bond acceptors (Lipinski definition) is 8. The highest BCUT2D eigenvalue weighted by Gasteiger charge is 2.22. The molecule has 0 spiro atoms. The highest BCUT2D eigenvalue weighted by molar-refractivity contribution is 5.70. The molecule has 430 valence electrons. The molecule has 0 N–H and O–H groups in total. The van der Waals surface area contributed by atoms with Crippen LogP contribution in [0.5, 0.6) is 0 Å². The van der Waals surface area contributed by atoms with Crippen molar-refractivity contribution >= 4 is 17.9 Å². The summed E-state index contributed by atoms with van der Waals surface area (Å²) in [4.78, 5) is 37.4. The number of carbonyl (C=O) groups is 3. The number of aliphatic carboxylic acids is 1. The fraction of sp³-hybridized carbons (Fsp3) is 0.891. The third-order valence-electron chi connectivity index (χ3n) is 14.2. The minimum absolute atomic E-state index is 0.150. The van der Waals surface area contributed by atoms with Crippen molar-refractivity contribution in [1.82, 2.24) is 0 Å². The van der Waals surface area contributed by atoms with Crippen molar-refractivity contribution in [2.45, 2.75) is 322 Å². The Balaban J connectivity index is 4.15. The monoisotopic (exact) mass is 1030 g/mol. The number of carboxylic acid groups (broad SMARTS) is 1. The Bertz CT molecular complexity index is 1250. The molecule has 0 bridgehead atoms. The summed E-state index contributed by atoms with van der Waals surface area (Å²) in [6.45, 7) is 4.80. The summed E-state index contributed by atoms with van der Waals surface area (Å²) in [6, 6.07) is 0. The molecule has 73 heavy (non-hydrogen) atoms. The van der Waals surface area contributed by atoms with E-state index >= 15 is 0 Å². The molecule has 2 unspecified atom stereocenters. The van der Waals surface area contributed by atoms with Crippen molar-refractivity contribution in [3.63, 3.8) is 0 Å². The Morgan fingerprint density at radius 2 is 0.699 bits per heavy atom. The van der Waals surface area contributed by atoms with E-state index in [1.165, 1.54) is 244 Å². The summed E-state index contributed by atoms with van der Waals surface area (Å²) in [5, 5.41) is 11.8. The van der Waals surface area contributed by atoms with E-state index in [4.69, 9.17) is 18.9 Å². The van der Waals surface area contributed by atoms with Crippen LogP contribution in [0.15, 0.2) is 24.3 Å². The van der Waals surface area contributed by atoms with E-state index in [1.807, 2.05) is 21.1 Å². The Morgan fingerprint density at radius 1 is 0.397 bits per heavy atom. The van der Waals surface area contributed by atoms with Crippen LogP contribution in [0.4, 0.5) is 0 Å². The third-order valence-corrected chi connectivity index (χ3v) is 14.2. The van der Waals surface area contributed by atoms with Crippen LogP contribution in [0.3, 0.4) is 0 Å². The van der Waals surface area contributed by atoms with Crippen LogP contribution in [-0.4, -0.2) is 82.3 Å². The van der Waals surface area contributed by atoms with E-state index in [2.05, 4.69) is 38.2 Å². The molecular weight excluding hydrogens is 911 g/mol. The maximum Gasteiger partial charge on any atom is 0.306 e. The molecule has 9 heteroatoms. The number of carboxylic acids is 1. The van der Waals surface area contributed by atoms with Gasteiger partial charge in [0.15, 0.2) is 12.4 Å². The van der Waals surface area contributed by atoms with Crippen LogP contribution in [0.25, 0.3) is 0 Å². The van der Waals surface area contributed by atoms with Crippen LogP contribution in [-0.2, 0) is 33.3 Å². The topological polar surface area (TPSA) is 111 Å². The van der Waals surface area contributed by atoms with Gasteiger partial charge in [-0.1, -0.05) is 256 Å². The molecule has 0 aromatic heterocycles. The van der Waals surface area contributed by atoms with E-state index in [0.29, 0.717) is 17.4 Å². The van der Waals surface area contributed by atoms with Crippen LogP contribution >= 0.6 is 0 Å². The second-order valence-corrected chi connectivity index (χ2v) is 22.7.